The lowest BCUT2D eigenvalue weighted by atomic mass is 10.1. The van der Waals surface area contributed by atoms with E-state index in [9.17, 15) is 0 Å². The Kier molecular flexibility index (Phi) is 5.48. The molecule has 1 aromatic heterocycles. The molecule has 1 rings (SSSR count). The third-order valence-electron chi connectivity index (χ3n) is 2.18. The van der Waals surface area contributed by atoms with Crippen molar-refractivity contribution in [3.8, 4) is 0 Å². The second-order valence-electron chi connectivity index (χ2n) is 3.39. The second-order valence-corrected chi connectivity index (χ2v) is 3.39. The van der Waals surface area contributed by atoms with Gasteiger partial charge < -0.3 is 11.1 Å². The van der Waals surface area contributed by atoms with Crippen molar-refractivity contribution in [3.63, 3.8) is 0 Å². The maximum Gasteiger partial charge on any atom is 0.0380 e. The van der Waals surface area contributed by atoms with Crippen LogP contribution < -0.4 is 11.1 Å². The van der Waals surface area contributed by atoms with Crippen LogP contribution in [-0.2, 0) is 6.42 Å². The zero-order valence-electron chi connectivity index (χ0n) is 9.24. The molecule has 0 spiro atoms. The van der Waals surface area contributed by atoms with Gasteiger partial charge in [0.25, 0.3) is 0 Å². The minimum absolute atomic E-state index is 0.821. The Balaban J connectivity index is 2.28. The number of hydrogen-bond acceptors (Lipinski definition) is 3. The molecule has 0 amide bonds. The molecule has 0 aliphatic heterocycles. The molecule has 0 saturated heterocycles. The summed E-state index contributed by atoms with van der Waals surface area (Å²) in [5, 5.41) is 3.27. The fourth-order valence-corrected chi connectivity index (χ4v) is 1.30. The number of nitrogens with one attached hydrogen (secondary N) is 1. The van der Waals surface area contributed by atoms with Crippen molar-refractivity contribution in [2.75, 3.05) is 18.8 Å². The Morgan fingerprint density at radius 2 is 2.33 bits per heavy atom. The number of nitrogens with zero attached hydrogens (tertiary/aromatic N) is 1. The molecule has 82 valence electrons. The van der Waals surface area contributed by atoms with E-state index in [-0.39, 0.29) is 0 Å². The Labute approximate surface area is 91.4 Å². The molecular weight excluding hydrogens is 186 g/mol. The van der Waals surface area contributed by atoms with E-state index in [1.807, 2.05) is 12.3 Å². The molecule has 0 fully saturated rings. The Morgan fingerprint density at radius 3 is 3.07 bits per heavy atom. The molecule has 0 aromatic carbocycles. The van der Waals surface area contributed by atoms with Crippen LogP contribution in [0.1, 0.15) is 18.9 Å². The van der Waals surface area contributed by atoms with Gasteiger partial charge in [-0.25, -0.2) is 0 Å². The van der Waals surface area contributed by atoms with Gasteiger partial charge in [0, 0.05) is 18.1 Å². The van der Waals surface area contributed by atoms with Crippen molar-refractivity contribution in [2.45, 2.75) is 19.8 Å². The second kappa shape index (κ2) is 7.01. The Bertz CT molecular complexity index is 307. The molecular formula is C12H19N3. The van der Waals surface area contributed by atoms with Crippen LogP contribution in [0.25, 0.3) is 0 Å². The summed E-state index contributed by atoms with van der Waals surface area (Å²) in [4.78, 5) is 4.05. The summed E-state index contributed by atoms with van der Waals surface area (Å²) in [6.07, 6.45) is 9.79. The van der Waals surface area contributed by atoms with Crippen LogP contribution in [0.15, 0.2) is 30.6 Å². The maximum atomic E-state index is 5.80. The molecule has 3 heteroatoms. The topological polar surface area (TPSA) is 50.9 Å². The summed E-state index contributed by atoms with van der Waals surface area (Å²) >= 11 is 0. The van der Waals surface area contributed by atoms with E-state index in [2.05, 4.69) is 29.4 Å². The number of aromatic nitrogens is 1. The molecule has 1 aromatic rings. The van der Waals surface area contributed by atoms with E-state index < -0.39 is 0 Å². The first-order valence-electron chi connectivity index (χ1n) is 5.38. The van der Waals surface area contributed by atoms with Crippen molar-refractivity contribution in [1.29, 1.82) is 0 Å². The number of rotatable bonds is 6. The average molecular weight is 205 g/mol. The summed E-state index contributed by atoms with van der Waals surface area (Å²) < 4.78 is 0. The number of hydrogen-bond donors (Lipinski definition) is 2. The number of anilines is 1. The smallest absolute Gasteiger partial charge is 0.0380 e. The first kappa shape index (κ1) is 11.7. The zero-order chi connectivity index (χ0) is 10.9. The lowest BCUT2D eigenvalue weighted by Gasteiger charge is -2.00. The van der Waals surface area contributed by atoms with Gasteiger partial charge in [0.2, 0.25) is 0 Å². The highest BCUT2D eigenvalue weighted by molar-refractivity contribution is 5.45. The third kappa shape index (κ3) is 4.61. The van der Waals surface area contributed by atoms with Gasteiger partial charge in [0.1, 0.15) is 0 Å². The van der Waals surface area contributed by atoms with Gasteiger partial charge in [0.05, 0.1) is 0 Å². The maximum absolute atomic E-state index is 5.80. The fraction of sp³-hybridized carbons (Fsp3) is 0.417. The number of allylic oxidation sites excluding steroid dienone is 1. The summed E-state index contributed by atoms with van der Waals surface area (Å²) in [7, 11) is 0. The molecule has 0 aliphatic rings. The minimum atomic E-state index is 0.821. The SMILES string of the molecule is CCNCCC=CCc1cnccc1N. The highest BCUT2D eigenvalue weighted by atomic mass is 14.8. The zero-order valence-corrected chi connectivity index (χ0v) is 9.24. The van der Waals surface area contributed by atoms with Crippen molar-refractivity contribution < 1.29 is 0 Å². The molecule has 0 unspecified atom stereocenters. The van der Waals surface area contributed by atoms with Gasteiger partial charge in [-0.15, -0.1) is 0 Å². The van der Waals surface area contributed by atoms with Crippen molar-refractivity contribution in [1.82, 2.24) is 10.3 Å². The molecule has 3 nitrogen and oxygen atoms in total. The largest absolute Gasteiger partial charge is 0.398 e. The fourth-order valence-electron chi connectivity index (χ4n) is 1.30. The standard InChI is InChI=1S/C12H19N3/c1-2-14-8-5-3-4-6-11-10-15-9-7-12(11)13/h3-4,7,9-10,14H,2,5-6,8H2,1H3,(H2,13,15). The Morgan fingerprint density at radius 1 is 1.47 bits per heavy atom. The molecule has 0 bridgehead atoms. The predicted octanol–water partition coefficient (Wildman–Crippen LogP) is 1.76. The highest BCUT2D eigenvalue weighted by Gasteiger charge is 1.94. The number of pyridine rings is 1. The van der Waals surface area contributed by atoms with Crippen molar-refractivity contribution in [3.05, 3.63) is 36.2 Å². The minimum Gasteiger partial charge on any atom is -0.398 e. The first-order chi connectivity index (χ1) is 7.34. The normalized spacial score (nSPS) is 11.0. The molecule has 0 saturated carbocycles. The molecule has 3 N–H and O–H groups in total. The summed E-state index contributed by atoms with van der Waals surface area (Å²) in [6.45, 7) is 4.18. The van der Waals surface area contributed by atoms with Gasteiger partial charge in [-0.2, -0.15) is 0 Å². The van der Waals surface area contributed by atoms with E-state index in [0.29, 0.717) is 0 Å². The van der Waals surface area contributed by atoms with Crippen LogP contribution in [0.4, 0.5) is 5.69 Å². The van der Waals surface area contributed by atoms with Crippen LogP contribution in [0.5, 0.6) is 0 Å². The number of nitrogen functional groups attached to an aromatic ring is 1. The summed E-state index contributed by atoms with van der Waals surface area (Å²) in [5.41, 5.74) is 7.71. The van der Waals surface area contributed by atoms with Gasteiger partial charge in [-0.1, -0.05) is 19.1 Å². The first-order valence-corrected chi connectivity index (χ1v) is 5.38. The van der Waals surface area contributed by atoms with E-state index in [1.165, 1.54) is 0 Å². The predicted molar refractivity (Wildman–Crippen MR) is 64.7 cm³/mol. The number of nitrogens with two attached hydrogens (primary N) is 1. The molecule has 0 radical (unpaired) electrons. The lowest BCUT2D eigenvalue weighted by Crippen LogP contribution is -2.12. The highest BCUT2D eigenvalue weighted by Crippen LogP contribution is 2.09. The van der Waals surface area contributed by atoms with Gasteiger partial charge >= 0.3 is 0 Å². The van der Waals surface area contributed by atoms with Crippen LogP contribution in [0.3, 0.4) is 0 Å². The van der Waals surface area contributed by atoms with Gasteiger partial charge in [-0.05, 0) is 37.6 Å². The summed E-state index contributed by atoms with van der Waals surface area (Å²) in [6, 6.07) is 1.84. The molecule has 15 heavy (non-hydrogen) atoms. The van der Waals surface area contributed by atoms with E-state index in [4.69, 9.17) is 5.73 Å². The quantitative estimate of drug-likeness (QED) is 0.549. The van der Waals surface area contributed by atoms with Gasteiger partial charge in [-0.3, -0.25) is 4.98 Å². The average Bonchev–Trinajstić information content (AvgIpc) is 2.25. The Hall–Kier alpha value is -1.35. The molecule has 0 aliphatic carbocycles. The van der Waals surface area contributed by atoms with Crippen LogP contribution in [-0.4, -0.2) is 18.1 Å². The lowest BCUT2D eigenvalue weighted by molar-refractivity contribution is 0.726. The molecule has 0 atom stereocenters. The van der Waals surface area contributed by atoms with E-state index in [1.54, 1.807) is 6.20 Å². The van der Waals surface area contributed by atoms with Gasteiger partial charge in [0.15, 0.2) is 0 Å². The van der Waals surface area contributed by atoms with E-state index >= 15 is 0 Å². The van der Waals surface area contributed by atoms with Crippen molar-refractivity contribution >= 4 is 5.69 Å². The van der Waals surface area contributed by atoms with Crippen LogP contribution in [0, 0.1) is 0 Å². The van der Waals surface area contributed by atoms with E-state index in [0.717, 1.165) is 37.2 Å². The van der Waals surface area contributed by atoms with Crippen LogP contribution >= 0.6 is 0 Å². The monoisotopic (exact) mass is 205 g/mol. The van der Waals surface area contributed by atoms with Crippen LogP contribution in [0.2, 0.25) is 0 Å². The summed E-state index contributed by atoms with van der Waals surface area (Å²) in [5.74, 6) is 0. The third-order valence-corrected chi connectivity index (χ3v) is 2.18. The van der Waals surface area contributed by atoms with Crippen molar-refractivity contribution in [2.24, 2.45) is 0 Å². The molecule has 1 heterocycles.